The molecule has 4 heterocycles. The number of imidazole rings is 1. The molecule has 0 aromatic carbocycles. The lowest BCUT2D eigenvalue weighted by molar-refractivity contribution is 0.132. The fourth-order valence-corrected chi connectivity index (χ4v) is 5.24. The molecular weight excluding hydrogens is 448 g/mol. The van der Waals surface area contributed by atoms with Gasteiger partial charge in [-0.3, -0.25) is 4.90 Å². The third kappa shape index (κ3) is 5.02. The van der Waals surface area contributed by atoms with Crippen LogP contribution in [0.15, 0.2) is 24.5 Å². The summed E-state index contributed by atoms with van der Waals surface area (Å²) in [5.74, 6) is 3.22. The Morgan fingerprint density at radius 1 is 0.972 bits per heavy atom. The van der Waals surface area contributed by atoms with Crippen molar-refractivity contribution in [2.24, 2.45) is 0 Å². The van der Waals surface area contributed by atoms with E-state index in [2.05, 4.69) is 56.5 Å². The highest BCUT2D eigenvalue weighted by atomic mass is 15.3. The van der Waals surface area contributed by atoms with Gasteiger partial charge in [0, 0.05) is 69.1 Å². The highest BCUT2D eigenvalue weighted by molar-refractivity contribution is 5.71. The van der Waals surface area contributed by atoms with Crippen molar-refractivity contribution in [2.45, 2.75) is 72.4 Å². The summed E-state index contributed by atoms with van der Waals surface area (Å²) in [4.78, 5) is 24.2. The standard InChI is InChI=1S/C26H34N8.C2H6/c1-4-32-9-11-33(12-10-32)16-18-5-8-22(27-14-18)30-26-28-15-20-13-21-24(23(20)31-26)34(17(2)3)25(29-21)19-6-7-19;1-2/h5,8,14-15,17,19H,4,6-7,9-13,16H2,1-3H3,(H,27,28,30,31);1-2H3. The first-order valence-corrected chi connectivity index (χ1v) is 13.7. The lowest BCUT2D eigenvalue weighted by atomic mass is 10.2. The first-order valence-electron chi connectivity index (χ1n) is 13.7. The van der Waals surface area contributed by atoms with Crippen LogP contribution in [0, 0.1) is 0 Å². The number of hydrogen-bond acceptors (Lipinski definition) is 7. The van der Waals surface area contributed by atoms with Gasteiger partial charge in [-0.05, 0) is 44.9 Å². The highest BCUT2D eigenvalue weighted by Gasteiger charge is 2.36. The lowest BCUT2D eigenvalue weighted by Gasteiger charge is -2.33. The topological polar surface area (TPSA) is 75.0 Å². The summed E-state index contributed by atoms with van der Waals surface area (Å²) in [6.45, 7) is 17.3. The average molecular weight is 489 g/mol. The number of hydrogen-bond donors (Lipinski definition) is 1. The molecule has 1 saturated carbocycles. The predicted molar refractivity (Wildman–Crippen MR) is 145 cm³/mol. The summed E-state index contributed by atoms with van der Waals surface area (Å²) in [6, 6.07) is 4.55. The van der Waals surface area contributed by atoms with Gasteiger partial charge in [-0.1, -0.05) is 26.8 Å². The fraction of sp³-hybridized carbons (Fsp3) is 0.571. The van der Waals surface area contributed by atoms with E-state index in [1.54, 1.807) is 0 Å². The second-order valence-corrected chi connectivity index (χ2v) is 10.1. The SMILES string of the molecule is CC.CCN1CCN(Cc2ccc(Nc3ncc4c(n3)-c3c(nc(C5CC5)n3C(C)C)C4)nc2)CC1. The van der Waals surface area contributed by atoms with Crippen LogP contribution in [0.1, 0.15) is 82.1 Å². The van der Waals surface area contributed by atoms with Crippen molar-refractivity contribution < 1.29 is 0 Å². The van der Waals surface area contributed by atoms with Crippen molar-refractivity contribution in [1.29, 1.82) is 0 Å². The minimum absolute atomic E-state index is 0.364. The van der Waals surface area contributed by atoms with E-state index in [0.29, 0.717) is 17.9 Å². The number of likely N-dealkylation sites (N-methyl/N-ethyl adjacent to an activating group) is 1. The molecule has 0 atom stereocenters. The van der Waals surface area contributed by atoms with E-state index in [-0.39, 0.29) is 0 Å². The largest absolute Gasteiger partial charge is 0.324 e. The Labute approximate surface area is 215 Å². The van der Waals surface area contributed by atoms with Crippen molar-refractivity contribution in [3.63, 3.8) is 0 Å². The second-order valence-electron chi connectivity index (χ2n) is 10.1. The van der Waals surface area contributed by atoms with E-state index in [9.17, 15) is 0 Å². The van der Waals surface area contributed by atoms with E-state index in [1.807, 2.05) is 32.3 Å². The van der Waals surface area contributed by atoms with Gasteiger partial charge in [0.05, 0.1) is 17.1 Å². The lowest BCUT2D eigenvalue weighted by Crippen LogP contribution is -2.45. The molecule has 1 aliphatic heterocycles. The molecule has 6 rings (SSSR count). The van der Waals surface area contributed by atoms with Crippen LogP contribution in [-0.4, -0.2) is 67.0 Å². The van der Waals surface area contributed by atoms with Gasteiger partial charge in [-0.2, -0.15) is 0 Å². The molecule has 0 unspecified atom stereocenters. The molecule has 3 aromatic heterocycles. The maximum Gasteiger partial charge on any atom is 0.228 e. The summed E-state index contributed by atoms with van der Waals surface area (Å²) in [5, 5.41) is 3.32. The van der Waals surface area contributed by atoms with E-state index >= 15 is 0 Å². The molecule has 2 aliphatic carbocycles. The molecule has 0 radical (unpaired) electrons. The number of fused-ring (bicyclic) bond motifs is 3. The van der Waals surface area contributed by atoms with Gasteiger partial charge in [0.2, 0.25) is 5.95 Å². The Kier molecular flexibility index (Phi) is 7.34. The van der Waals surface area contributed by atoms with Gasteiger partial charge in [0.15, 0.2) is 0 Å². The van der Waals surface area contributed by atoms with Crippen LogP contribution >= 0.6 is 0 Å². The molecule has 2 fully saturated rings. The number of aromatic nitrogens is 5. The summed E-state index contributed by atoms with van der Waals surface area (Å²) in [7, 11) is 0. The van der Waals surface area contributed by atoms with Crippen LogP contribution in [0.3, 0.4) is 0 Å². The third-order valence-corrected chi connectivity index (χ3v) is 7.30. The van der Waals surface area contributed by atoms with Crippen molar-refractivity contribution in [3.8, 4) is 11.4 Å². The minimum Gasteiger partial charge on any atom is -0.324 e. The number of anilines is 2. The maximum atomic E-state index is 5.02. The zero-order valence-corrected chi connectivity index (χ0v) is 22.5. The van der Waals surface area contributed by atoms with Gasteiger partial charge in [0.1, 0.15) is 11.6 Å². The van der Waals surface area contributed by atoms with Crippen LogP contribution in [0.2, 0.25) is 0 Å². The van der Waals surface area contributed by atoms with Crippen molar-refractivity contribution in [3.05, 3.63) is 47.2 Å². The van der Waals surface area contributed by atoms with Crippen molar-refractivity contribution in [1.82, 2.24) is 34.3 Å². The Hall–Kier alpha value is -2.84. The first kappa shape index (κ1) is 24.8. The minimum atomic E-state index is 0.364. The number of piperazine rings is 1. The van der Waals surface area contributed by atoms with Gasteiger partial charge < -0.3 is 14.8 Å². The molecule has 8 heteroatoms. The average Bonchev–Trinajstić information content (AvgIpc) is 3.59. The molecule has 0 spiro atoms. The highest BCUT2D eigenvalue weighted by Crippen LogP contribution is 2.45. The van der Waals surface area contributed by atoms with E-state index in [4.69, 9.17) is 9.97 Å². The number of nitrogens with one attached hydrogen (secondary N) is 1. The second kappa shape index (κ2) is 10.6. The Morgan fingerprint density at radius 3 is 2.36 bits per heavy atom. The van der Waals surface area contributed by atoms with E-state index in [0.717, 1.165) is 68.5 Å². The number of rotatable bonds is 7. The third-order valence-electron chi connectivity index (χ3n) is 7.30. The summed E-state index contributed by atoms with van der Waals surface area (Å²) in [5.41, 5.74) is 5.75. The van der Waals surface area contributed by atoms with Gasteiger partial charge in [0.25, 0.3) is 0 Å². The normalized spacial score (nSPS) is 17.5. The van der Waals surface area contributed by atoms with Crippen LogP contribution in [0.5, 0.6) is 0 Å². The Bertz CT molecular complexity index is 1170. The Balaban J connectivity index is 0.00000130. The molecule has 36 heavy (non-hydrogen) atoms. The zero-order chi connectivity index (χ0) is 25.2. The summed E-state index contributed by atoms with van der Waals surface area (Å²) < 4.78 is 2.41. The van der Waals surface area contributed by atoms with Gasteiger partial charge in [-0.25, -0.2) is 19.9 Å². The summed E-state index contributed by atoms with van der Waals surface area (Å²) >= 11 is 0. The van der Waals surface area contributed by atoms with Gasteiger partial charge >= 0.3 is 0 Å². The molecule has 1 saturated heterocycles. The quantitative estimate of drug-likeness (QED) is 0.392. The predicted octanol–water partition coefficient (Wildman–Crippen LogP) is 5.00. The van der Waals surface area contributed by atoms with E-state index in [1.165, 1.54) is 29.9 Å². The molecule has 3 aromatic rings. The first-order chi connectivity index (χ1) is 17.6. The smallest absolute Gasteiger partial charge is 0.228 e. The molecule has 192 valence electrons. The summed E-state index contributed by atoms with van der Waals surface area (Å²) in [6.07, 6.45) is 7.24. The van der Waals surface area contributed by atoms with E-state index < -0.39 is 0 Å². The molecule has 3 aliphatic rings. The number of pyridine rings is 1. The molecular formula is C28H40N8. The zero-order valence-electron chi connectivity index (χ0n) is 22.5. The van der Waals surface area contributed by atoms with Crippen LogP contribution < -0.4 is 5.32 Å². The Morgan fingerprint density at radius 2 is 1.72 bits per heavy atom. The maximum absolute atomic E-state index is 5.02. The molecule has 1 N–H and O–H groups in total. The van der Waals surface area contributed by atoms with Crippen LogP contribution in [0.25, 0.3) is 11.4 Å². The van der Waals surface area contributed by atoms with Crippen LogP contribution in [-0.2, 0) is 13.0 Å². The van der Waals surface area contributed by atoms with Gasteiger partial charge in [-0.15, -0.1) is 0 Å². The molecule has 0 amide bonds. The number of nitrogens with zero attached hydrogens (tertiary/aromatic N) is 7. The molecule has 0 bridgehead atoms. The van der Waals surface area contributed by atoms with Crippen LogP contribution in [0.4, 0.5) is 11.8 Å². The molecule has 8 nitrogen and oxygen atoms in total. The fourth-order valence-electron chi connectivity index (χ4n) is 5.24. The monoisotopic (exact) mass is 488 g/mol. The van der Waals surface area contributed by atoms with Crippen molar-refractivity contribution in [2.75, 3.05) is 38.0 Å². The van der Waals surface area contributed by atoms with Crippen molar-refractivity contribution >= 4 is 11.8 Å².